The standard InChI is InChI=1S/C37H36/c1-4-10-26(11-5-1)20-27-16-18-34-32(21-27)23-33-22-30(17-19-35(33)34)37-25-31(28-12-6-2-7-13-28)24-36(37)29-14-8-3-9-15-29/h2-4,6,8-12,14-19,21-22,31,36-37H,1,5,7,13,20,23-25H2. The maximum Gasteiger partial charge on any atom is -0.00132 e. The summed E-state index contributed by atoms with van der Waals surface area (Å²) in [6, 6.07) is 26.0. The van der Waals surface area contributed by atoms with Crippen LogP contribution in [0.3, 0.4) is 0 Å². The Morgan fingerprint density at radius 3 is 2.30 bits per heavy atom. The van der Waals surface area contributed by atoms with Gasteiger partial charge in [-0.1, -0.05) is 109 Å². The monoisotopic (exact) mass is 480 g/mol. The van der Waals surface area contributed by atoms with Crippen LogP contribution >= 0.6 is 0 Å². The molecule has 7 rings (SSSR count). The van der Waals surface area contributed by atoms with E-state index < -0.39 is 0 Å². The zero-order valence-corrected chi connectivity index (χ0v) is 21.7. The summed E-state index contributed by atoms with van der Waals surface area (Å²) in [5, 5.41) is 0. The molecule has 3 aromatic carbocycles. The highest BCUT2D eigenvalue weighted by molar-refractivity contribution is 5.77. The number of allylic oxidation sites excluding steroid dienone is 8. The van der Waals surface area contributed by atoms with E-state index in [0.717, 1.165) is 12.8 Å². The number of fused-ring (bicyclic) bond motifs is 3. The van der Waals surface area contributed by atoms with Gasteiger partial charge in [-0.25, -0.2) is 0 Å². The van der Waals surface area contributed by atoms with Crippen LogP contribution in [0.25, 0.3) is 11.1 Å². The highest BCUT2D eigenvalue weighted by atomic mass is 14.4. The van der Waals surface area contributed by atoms with Crippen molar-refractivity contribution in [1.29, 1.82) is 0 Å². The first kappa shape index (κ1) is 22.8. The quantitative estimate of drug-likeness (QED) is 0.267. The largest absolute Gasteiger partial charge is 0.0842 e. The van der Waals surface area contributed by atoms with E-state index in [2.05, 4.69) is 103 Å². The minimum atomic E-state index is 0.591. The smallest absolute Gasteiger partial charge is 0.00132 e. The summed E-state index contributed by atoms with van der Waals surface area (Å²) in [5.41, 5.74) is 13.6. The molecular formula is C37H36. The van der Waals surface area contributed by atoms with Gasteiger partial charge in [-0.3, -0.25) is 0 Å². The Labute approximate surface area is 222 Å². The van der Waals surface area contributed by atoms with Crippen molar-refractivity contribution in [2.75, 3.05) is 0 Å². The van der Waals surface area contributed by atoms with E-state index in [-0.39, 0.29) is 0 Å². The Kier molecular flexibility index (Phi) is 6.05. The molecule has 0 nitrogen and oxygen atoms in total. The molecule has 3 atom stereocenters. The Hall–Kier alpha value is -3.38. The highest BCUT2D eigenvalue weighted by Crippen LogP contribution is 2.52. The molecule has 1 saturated carbocycles. The third-order valence-corrected chi connectivity index (χ3v) is 9.24. The highest BCUT2D eigenvalue weighted by Gasteiger charge is 2.38. The second kappa shape index (κ2) is 9.82. The van der Waals surface area contributed by atoms with Gasteiger partial charge in [0.1, 0.15) is 0 Å². The summed E-state index contributed by atoms with van der Waals surface area (Å²) in [5.74, 6) is 1.90. The van der Waals surface area contributed by atoms with Crippen LogP contribution in [0.4, 0.5) is 0 Å². The van der Waals surface area contributed by atoms with Crippen molar-refractivity contribution in [1.82, 2.24) is 0 Å². The Bertz CT molecular complexity index is 1430. The predicted molar refractivity (Wildman–Crippen MR) is 156 cm³/mol. The SMILES string of the molecule is C1=CCCC(C2CC(c3ccccc3)C(c3ccc4c(c3)Cc3cc(CC5=CCCC=C5)ccc3-4)C2)=C1. The molecular weight excluding hydrogens is 444 g/mol. The summed E-state index contributed by atoms with van der Waals surface area (Å²) < 4.78 is 0. The molecule has 184 valence electrons. The predicted octanol–water partition coefficient (Wildman–Crippen LogP) is 9.63. The maximum atomic E-state index is 2.57. The van der Waals surface area contributed by atoms with Crippen molar-refractivity contribution in [3.05, 3.63) is 142 Å². The molecule has 0 aromatic heterocycles. The van der Waals surface area contributed by atoms with E-state index in [9.17, 15) is 0 Å². The molecule has 0 N–H and O–H groups in total. The first-order chi connectivity index (χ1) is 18.3. The Balaban J connectivity index is 1.17. The van der Waals surface area contributed by atoms with Crippen molar-refractivity contribution in [3.8, 4) is 11.1 Å². The van der Waals surface area contributed by atoms with E-state index in [1.807, 2.05) is 0 Å². The second-order valence-corrected chi connectivity index (χ2v) is 11.5. The first-order valence-corrected chi connectivity index (χ1v) is 14.3. The van der Waals surface area contributed by atoms with Crippen molar-refractivity contribution < 1.29 is 0 Å². The zero-order chi connectivity index (χ0) is 24.6. The van der Waals surface area contributed by atoms with E-state index >= 15 is 0 Å². The van der Waals surface area contributed by atoms with Crippen LogP contribution in [0.2, 0.25) is 0 Å². The zero-order valence-electron chi connectivity index (χ0n) is 21.7. The van der Waals surface area contributed by atoms with E-state index in [0.29, 0.717) is 17.8 Å². The molecule has 0 radical (unpaired) electrons. The lowest BCUT2D eigenvalue weighted by atomic mass is 9.83. The lowest BCUT2D eigenvalue weighted by Crippen LogP contribution is -2.05. The molecule has 0 amide bonds. The van der Waals surface area contributed by atoms with Gasteiger partial charge in [0.2, 0.25) is 0 Å². The van der Waals surface area contributed by atoms with Gasteiger partial charge in [0, 0.05) is 0 Å². The summed E-state index contributed by atoms with van der Waals surface area (Å²) in [6.45, 7) is 0. The van der Waals surface area contributed by atoms with Gasteiger partial charge in [-0.05, 0) is 114 Å². The fourth-order valence-corrected chi connectivity index (χ4v) is 7.40. The Morgan fingerprint density at radius 2 is 1.51 bits per heavy atom. The minimum absolute atomic E-state index is 0.591. The molecule has 4 aliphatic rings. The molecule has 4 aliphatic carbocycles. The second-order valence-electron chi connectivity index (χ2n) is 11.5. The van der Waals surface area contributed by atoms with Crippen LogP contribution in [0.1, 0.15) is 78.2 Å². The average Bonchev–Trinajstić information content (AvgIpc) is 3.56. The third-order valence-electron chi connectivity index (χ3n) is 9.24. The van der Waals surface area contributed by atoms with Gasteiger partial charge in [0.15, 0.2) is 0 Å². The minimum Gasteiger partial charge on any atom is -0.0842 e. The van der Waals surface area contributed by atoms with E-state index in [4.69, 9.17) is 0 Å². The van der Waals surface area contributed by atoms with Gasteiger partial charge >= 0.3 is 0 Å². The summed E-state index contributed by atoms with van der Waals surface area (Å²) in [6.07, 6.45) is 23.5. The fourth-order valence-electron chi connectivity index (χ4n) is 7.40. The molecule has 0 aliphatic heterocycles. The summed E-state index contributed by atoms with van der Waals surface area (Å²) in [4.78, 5) is 0. The lowest BCUT2D eigenvalue weighted by molar-refractivity contribution is 0.594. The topological polar surface area (TPSA) is 0 Å². The molecule has 1 fully saturated rings. The van der Waals surface area contributed by atoms with Crippen molar-refractivity contribution >= 4 is 0 Å². The van der Waals surface area contributed by atoms with Gasteiger partial charge < -0.3 is 0 Å². The lowest BCUT2D eigenvalue weighted by Gasteiger charge is -2.21. The molecule has 3 unspecified atom stereocenters. The van der Waals surface area contributed by atoms with Gasteiger partial charge in [0.25, 0.3) is 0 Å². The van der Waals surface area contributed by atoms with Crippen LogP contribution in [0.5, 0.6) is 0 Å². The van der Waals surface area contributed by atoms with Crippen molar-refractivity contribution in [2.45, 2.75) is 63.2 Å². The fraction of sp³-hybridized carbons (Fsp3) is 0.297. The van der Waals surface area contributed by atoms with Gasteiger partial charge in [-0.15, -0.1) is 0 Å². The molecule has 3 aromatic rings. The molecule has 0 spiro atoms. The van der Waals surface area contributed by atoms with Crippen molar-refractivity contribution in [2.24, 2.45) is 5.92 Å². The molecule has 0 bridgehead atoms. The van der Waals surface area contributed by atoms with Gasteiger partial charge in [-0.2, -0.15) is 0 Å². The molecule has 0 heterocycles. The summed E-state index contributed by atoms with van der Waals surface area (Å²) in [7, 11) is 0. The van der Waals surface area contributed by atoms with Crippen LogP contribution in [0, 0.1) is 5.92 Å². The van der Waals surface area contributed by atoms with Crippen molar-refractivity contribution in [3.63, 3.8) is 0 Å². The summed E-state index contributed by atoms with van der Waals surface area (Å²) >= 11 is 0. The van der Waals surface area contributed by atoms with Crippen LogP contribution in [-0.2, 0) is 12.8 Å². The third kappa shape index (κ3) is 4.48. The number of hydrogen-bond donors (Lipinski definition) is 0. The number of rotatable bonds is 5. The first-order valence-electron chi connectivity index (χ1n) is 14.3. The van der Waals surface area contributed by atoms with E-state index in [1.165, 1.54) is 77.5 Å². The molecule has 0 heteroatoms. The average molecular weight is 481 g/mol. The molecule has 0 saturated heterocycles. The number of hydrogen-bond acceptors (Lipinski definition) is 0. The maximum absolute atomic E-state index is 2.57. The van der Waals surface area contributed by atoms with Crippen LogP contribution in [-0.4, -0.2) is 0 Å². The van der Waals surface area contributed by atoms with Gasteiger partial charge in [0.05, 0.1) is 0 Å². The van der Waals surface area contributed by atoms with Crippen LogP contribution in [0.15, 0.2) is 114 Å². The normalized spacial score (nSPS) is 23.9. The molecule has 37 heavy (non-hydrogen) atoms. The van der Waals surface area contributed by atoms with Crippen LogP contribution < -0.4 is 0 Å². The Morgan fingerprint density at radius 1 is 0.703 bits per heavy atom. The number of benzene rings is 3. The van der Waals surface area contributed by atoms with E-state index in [1.54, 1.807) is 11.1 Å².